The number of nitrogens with zero attached hydrogens (tertiary/aromatic N) is 1. The summed E-state index contributed by atoms with van der Waals surface area (Å²) in [5.74, 6) is 0. The van der Waals surface area contributed by atoms with Gasteiger partial charge in [-0.15, -0.1) is 0 Å². The number of hydrogen-bond donors (Lipinski definition) is 0. The minimum absolute atomic E-state index is 1.16. The minimum atomic E-state index is 1.16. The molecule has 0 bridgehead atoms. The van der Waals surface area contributed by atoms with Crippen LogP contribution in [-0.4, -0.2) is 4.40 Å². The Kier molecular flexibility index (Phi) is 1.89. The predicted octanol–water partition coefficient (Wildman–Crippen LogP) is 3.16. The van der Waals surface area contributed by atoms with Crippen molar-refractivity contribution in [2.45, 2.75) is 19.3 Å². The van der Waals surface area contributed by atoms with Gasteiger partial charge in [0.1, 0.15) is 5.52 Å². The van der Waals surface area contributed by atoms with Crippen LogP contribution in [0, 0.1) is 0 Å². The van der Waals surface area contributed by atoms with E-state index in [1.807, 2.05) is 6.20 Å². The Balaban J connectivity index is 2.31. The molecule has 3 aromatic rings. The summed E-state index contributed by atoms with van der Waals surface area (Å²) in [6, 6.07) is 6.56. The Morgan fingerprint density at radius 2 is 2.18 bits per heavy atom. The number of fused-ring (bicyclic) bond motifs is 3. The normalized spacial score (nSPS) is 14.6. The first-order valence-corrected chi connectivity index (χ1v) is 6.75. The second-order valence-electron chi connectivity index (χ2n) is 4.65. The lowest BCUT2D eigenvalue weighted by molar-refractivity contribution is -0.389. The third-order valence-electron chi connectivity index (χ3n) is 3.69. The van der Waals surface area contributed by atoms with Gasteiger partial charge >= 0.3 is 0 Å². The van der Waals surface area contributed by atoms with Crippen molar-refractivity contribution in [1.82, 2.24) is 4.40 Å². The van der Waals surface area contributed by atoms with Gasteiger partial charge in [0.25, 0.3) is 0 Å². The Morgan fingerprint density at radius 3 is 3.12 bits per heavy atom. The van der Waals surface area contributed by atoms with Crippen LogP contribution in [-0.2, 0) is 12.8 Å². The predicted molar refractivity (Wildman–Crippen MR) is 71.2 cm³/mol. The summed E-state index contributed by atoms with van der Waals surface area (Å²) in [4.78, 5) is 3.40. The van der Waals surface area contributed by atoms with Crippen molar-refractivity contribution in [2.24, 2.45) is 0 Å². The molecule has 84 valence electrons. The zero-order valence-electron chi connectivity index (χ0n) is 9.33. The van der Waals surface area contributed by atoms with Crippen LogP contribution < -0.4 is 4.98 Å². The number of hydrogen-bond acceptors (Lipinski definition) is 0. The lowest BCUT2D eigenvalue weighted by Crippen LogP contribution is -2.16. The molecule has 0 atom stereocenters. The Hall–Kier alpha value is -1.35. The van der Waals surface area contributed by atoms with Gasteiger partial charge in [0.05, 0.1) is 11.7 Å². The van der Waals surface area contributed by atoms with Crippen molar-refractivity contribution in [3.8, 4) is 0 Å². The van der Waals surface area contributed by atoms with Crippen LogP contribution in [0.4, 0.5) is 0 Å². The van der Waals surface area contributed by atoms with Gasteiger partial charge in [-0.05, 0) is 36.6 Å². The zero-order valence-corrected chi connectivity index (χ0v) is 10.9. The highest BCUT2D eigenvalue weighted by Crippen LogP contribution is 2.33. The molecule has 1 aromatic carbocycles. The summed E-state index contributed by atoms with van der Waals surface area (Å²) in [6.07, 6.45) is 7.76. The molecule has 0 amide bonds. The van der Waals surface area contributed by atoms with E-state index in [4.69, 9.17) is 0 Å². The van der Waals surface area contributed by atoms with Crippen LogP contribution in [0.5, 0.6) is 0 Å². The third-order valence-corrected chi connectivity index (χ3v) is 4.18. The van der Waals surface area contributed by atoms with Gasteiger partial charge in [0.15, 0.2) is 6.20 Å². The zero-order chi connectivity index (χ0) is 11.4. The molecular formula is C14H12BrN2+. The van der Waals surface area contributed by atoms with Crippen LogP contribution >= 0.6 is 15.9 Å². The fraction of sp³-hybridized carbons (Fsp3) is 0.214. The average molecular weight is 288 g/mol. The van der Waals surface area contributed by atoms with E-state index in [0.717, 1.165) is 10.9 Å². The van der Waals surface area contributed by atoms with Gasteiger partial charge in [0.2, 0.25) is 5.69 Å². The maximum absolute atomic E-state index is 3.57. The van der Waals surface area contributed by atoms with Gasteiger partial charge in [-0.3, -0.25) is 0 Å². The molecule has 0 fully saturated rings. The van der Waals surface area contributed by atoms with E-state index in [0.29, 0.717) is 0 Å². The Labute approximate surface area is 107 Å². The molecule has 2 heterocycles. The number of H-pyrrole nitrogens is 1. The summed E-state index contributed by atoms with van der Waals surface area (Å²) in [6.45, 7) is 0. The van der Waals surface area contributed by atoms with E-state index in [1.54, 1.807) is 0 Å². The van der Waals surface area contributed by atoms with Gasteiger partial charge in [-0.1, -0.05) is 15.9 Å². The quantitative estimate of drug-likeness (QED) is 0.605. The van der Waals surface area contributed by atoms with Crippen molar-refractivity contribution in [3.05, 3.63) is 46.3 Å². The summed E-state index contributed by atoms with van der Waals surface area (Å²) < 4.78 is 3.48. The molecule has 0 saturated heterocycles. The molecule has 2 nitrogen and oxygen atoms in total. The summed E-state index contributed by atoms with van der Waals surface area (Å²) in [5.41, 5.74) is 5.59. The first-order valence-electron chi connectivity index (χ1n) is 5.96. The number of aromatic amines is 1. The number of benzene rings is 1. The molecule has 3 heteroatoms. The molecule has 0 saturated carbocycles. The third kappa shape index (κ3) is 1.23. The molecule has 17 heavy (non-hydrogen) atoms. The molecule has 2 aromatic heterocycles. The number of nitrogens with one attached hydrogen (secondary N) is 1. The van der Waals surface area contributed by atoms with Crippen LogP contribution in [0.25, 0.3) is 16.4 Å². The van der Waals surface area contributed by atoms with Crippen molar-refractivity contribution in [1.29, 1.82) is 0 Å². The van der Waals surface area contributed by atoms with Gasteiger partial charge in [0, 0.05) is 16.3 Å². The number of rotatable bonds is 0. The smallest absolute Gasteiger partial charge is 0.204 e. The molecule has 0 radical (unpaired) electrons. The van der Waals surface area contributed by atoms with E-state index < -0.39 is 0 Å². The van der Waals surface area contributed by atoms with Gasteiger partial charge < -0.3 is 4.40 Å². The SMILES string of the molecule is Brc1ccc2c(c1)c1c3c([nH+]ccn32)CCC1. The largest absolute Gasteiger partial charge is 0.305 e. The van der Waals surface area contributed by atoms with Crippen LogP contribution in [0.3, 0.4) is 0 Å². The molecule has 4 rings (SSSR count). The van der Waals surface area contributed by atoms with Crippen molar-refractivity contribution in [2.75, 3.05) is 0 Å². The highest BCUT2D eigenvalue weighted by atomic mass is 79.9. The first kappa shape index (κ1) is 9.66. The second kappa shape index (κ2) is 3.33. The molecule has 0 spiro atoms. The fourth-order valence-corrected chi connectivity index (χ4v) is 3.36. The molecule has 0 unspecified atom stereocenters. The van der Waals surface area contributed by atoms with Crippen LogP contribution in [0.1, 0.15) is 17.7 Å². The monoisotopic (exact) mass is 287 g/mol. The van der Waals surface area contributed by atoms with Gasteiger partial charge in [-0.2, -0.15) is 0 Å². The molecular weight excluding hydrogens is 276 g/mol. The minimum Gasteiger partial charge on any atom is -0.305 e. The molecule has 1 aliphatic rings. The van der Waals surface area contributed by atoms with E-state index in [1.165, 1.54) is 40.5 Å². The van der Waals surface area contributed by atoms with Crippen LogP contribution in [0.15, 0.2) is 35.1 Å². The van der Waals surface area contributed by atoms with E-state index in [-0.39, 0.29) is 0 Å². The highest BCUT2D eigenvalue weighted by Gasteiger charge is 2.22. The Morgan fingerprint density at radius 1 is 1.24 bits per heavy atom. The fourth-order valence-electron chi connectivity index (χ4n) is 3.00. The lowest BCUT2D eigenvalue weighted by atomic mass is 9.98. The number of halogens is 1. The molecule has 0 aliphatic heterocycles. The van der Waals surface area contributed by atoms with Crippen molar-refractivity contribution in [3.63, 3.8) is 0 Å². The van der Waals surface area contributed by atoms with E-state index in [2.05, 4.69) is 49.7 Å². The van der Waals surface area contributed by atoms with Crippen molar-refractivity contribution >= 4 is 32.3 Å². The number of aryl methyl sites for hydroxylation is 2. The lowest BCUT2D eigenvalue weighted by Gasteiger charge is -2.07. The topological polar surface area (TPSA) is 18.6 Å². The number of aromatic nitrogens is 2. The maximum atomic E-state index is 3.57. The summed E-state index contributed by atoms with van der Waals surface area (Å²) in [7, 11) is 0. The summed E-state index contributed by atoms with van der Waals surface area (Å²) >= 11 is 3.57. The summed E-state index contributed by atoms with van der Waals surface area (Å²) in [5, 5.41) is 1.39. The van der Waals surface area contributed by atoms with E-state index in [9.17, 15) is 0 Å². The standard InChI is InChI=1S/C14H11BrN2/c15-9-4-5-13-11(8-9)10-2-1-3-12-14(10)17(13)7-6-16-12/h4-8H,1-3H2/p+1. The maximum Gasteiger partial charge on any atom is 0.204 e. The Bertz CT molecular complexity index is 743. The van der Waals surface area contributed by atoms with Gasteiger partial charge in [-0.25, -0.2) is 4.98 Å². The average Bonchev–Trinajstić information content (AvgIpc) is 2.67. The first-order chi connectivity index (χ1) is 8.34. The van der Waals surface area contributed by atoms with Crippen LogP contribution in [0.2, 0.25) is 0 Å². The second-order valence-corrected chi connectivity index (χ2v) is 5.57. The van der Waals surface area contributed by atoms with Crippen molar-refractivity contribution < 1.29 is 4.98 Å². The molecule has 1 N–H and O–H groups in total. The van der Waals surface area contributed by atoms with E-state index >= 15 is 0 Å². The molecule has 1 aliphatic carbocycles. The highest BCUT2D eigenvalue weighted by molar-refractivity contribution is 9.10.